The second-order valence-corrected chi connectivity index (χ2v) is 5.27. The van der Waals surface area contributed by atoms with Crippen LogP contribution in [0.25, 0.3) is 6.08 Å². The molecule has 1 aliphatic heterocycles. The van der Waals surface area contributed by atoms with E-state index in [1.165, 1.54) is 5.56 Å². The molecule has 0 radical (unpaired) electrons. The number of benzene rings is 2. The van der Waals surface area contributed by atoms with Gasteiger partial charge in [-0.25, -0.2) is 0 Å². The van der Waals surface area contributed by atoms with Gasteiger partial charge in [0.25, 0.3) is 0 Å². The van der Waals surface area contributed by atoms with E-state index in [1.54, 1.807) is 21.3 Å². The van der Waals surface area contributed by atoms with E-state index in [2.05, 4.69) is 24.3 Å². The van der Waals surface area contributed by atoms with Crippen molar-refractivity contribution in [2.24, 2.45) is 0 Å². The lowest BCUT2D eigenvalue weighted by atomic mass is 9.99. The summed E-state index contributed by atoms with van der Waals surface area (Å²) in [4.78, 5) is 0. The molecule has 1 atom stereocenters. The molecule has 0 aromatic heterocycles. The molecule has 1 unspecified atom stereocenters. The molecule has 0 bridgehead atoms. The molecule has 0 fully saturated rings. The smallest absolute Gasteiger partial charge is 0.203 e. The van der Waals surface area contributed by atoms with E-state index in [0.29, 0.717) is 18.1 Å². The first-order valence-corrected chi connectivity index (χ1v) is 7.46. The van der Waals surface area contributed by atoms with Crippen molar-refractivity contribution in [3.8, 4) is 23.0 Å². The minimum absolute atomic E-state index is 0.170. The summed E-state index contributed by atoms with van der Waals surface area (Å²) in [5.74, 6) is 3.04. The van der Waals surface area contributed by atoms with Gasteiger partial charge in [0.1, 0.15) is 5.75 Å². The number of rotatable bonds is 4. The van der Waals surface area contributed by atoms with Gasteiger partial charge in [-0.1, -0.05) is 24.3 Å². The van der Waals surface area contributed by atoms with E-state index in [1.807, 2.05) is 24.3 Å². The maximum atomic E-state index is 6.04. The van der Waals surface area contributed by atoms with Gasteiger partial charge >= 0.3 is 0 Å². The predicted octanol–water partition coefficient (Wildman–Crippen LogP) is 3.90. The number of hydrogen-bond acceptors (Lipinski definition) is 4. The quantitative estimate of drug-likeness (QED) is 0.858. The summed E-state index contributed by atoms with van der Waals surface area (Å²) in [5.41, 5.74) is 2.17. The molecule has 0 amide bonds. The third-order valence-corrected chi connectivity index (χ3v) is 3.99. The Labute approximate surface area is 136 Å². The Morgan fingerprint density at radius 1 is 0.913 bits per heavy atom. The average Bonchev–Trinajstić information content (AvgIpc) is 2.83. The second kappa shape index (κ2) is 6.65. The van der Waals surface area contributed by atoms with Crippen LogP contribution in [0.15, 0.2) is 42.5 Å². The summed E-state index contributed by atoms with van der Waals surface area (Å²) in [6.45, 7) is 0.541. The number of fused-ring (bicyclic) bond motifs is 1. The van der Waals surface area contributed by atoms with E-state index < -0.39 is 0 Å². The van der Waals surface area contributed by atoms with Crippen molar-refractivity contribution in [3.63, 3.8) is 0 Å². The number of hydrogen-bond donors (Lipinski definition) is 0. The maximum absolute atomic E-state index is 6.04. The number of ether oxygens (including phenoxy) is 4. The van der Waals surface area contributed by atoms with Crippen molar-refractivity contribution in [2.45, 2.75) is 5.92 Å². The summed E-state index contributed by atoms with van der Waals surface area (Å²) in [5, 5.41) is 0. The summed E-state index contributed by atoms with van der Waals surface area (Å²) in [6.07, 6.45) is 4.22. The van der Waals surface area contributed by atoms with Gasteiger partial charge in [0.05, 0.1) is 27.9 Å². The molecule has 0 saturated heterocycles. The first kappa shape index (κ1) is 15.3. The monoisotopic (exact) mass is 312 g/mol. The minimum Gasteiger partial charge on any atom is -0.497 e. The molecule has 4 heteroatoms. The van der Waals surface area contributed by atoms with Gasteiger partial charge < -0.3 is 18.9 Å². The van der Waals surface area contributed by atoms with Gasteiger partial charge in [-0.2, -0.15) is 0 Å². The van der Waals surface area contributed by atoms with Crippen molar-refractivity contribution in [1.82, 2.24) is 0 Å². The first-order chi connectivity index (χ1) is 11.3. The highest BCUT2D eigenvalue weighted by molar-refractivity contribution is 5.67. The van der Waals surface area contributed by atoms with Crippen LogP contribution in [0.2, 0.25) is 0 Å². The second-order valence-electron chi connectivity index (χ2n) is 5.27. The van der Waals surface area contributed by atoms with Crippen molar-refractivity contribution in [3.05, 3.63) is 53.6 Å². The van der Waals surface area contributed by atoms with Crippen molar-refractivity contribution in [2.75, 3.05) is 27.9 Å². The van der Waals surface area contributed by atoms with Crippen molar-refractivity contribution < 1.29 is 18.9 Å². The molecule has 23 heavy (non-hydrogen) atoms. The average molecular weight is 312 g/mol. The van der Waals surface area contributed by atoms with Crippen molar-refractivity contribution in [1.29, 1.82) is 0 Å². The van der Waals surface area contributed by atoms with Crippen LogP contribution in [0.5, 0.6) is 23.0 Å². The Morgan fingerprint density at radius 3 is 2.35 bits per heavy atom. The van der Waals surface area contributed by atoms with Gasteiger partial charge in [0, 0.05) is 11.5 Å². The lowest BCUT2D eigenvalue weighted by Gasteiger charge is -2.16. The van der Waals surface area contributed by atoms with Crippen molar-refractivity contribution >= 4 is 6.08 Å². The molecule has 3 rings (SSSR count). The molecule has 1 heterocycles. The number of methoxy groups -OCH3 is 3. The SMILES string of the molecule is COc1ccc(C2C=Cc3ccc(OC)c(OC)c3OC2)cc1. The molecular formula is C19H20O4. The van der Waals surface area contributed by atoms with Gasteiger partial charge in [-0.05, 0) is 29.8 Å². The lowest BCUT2D eigenvalue weighted by Crippen LogP contribution is -2.08. The molecular weight excluding hydrogens is 292 g/mol. The van der Waals surface area contributed by atoms with Crippen LogP contribution in [-0.4, -0.2) is 27.9 Å². The minimum atomic E-state index is 0.170. The Hall–Kier alpha value is -2.62. The van der Waals surface area contributed by atoms with E-state index in [9.17, 15) is 0 Å². The molecule has 4 nitrogen and oxygen atoms in total. The van der Waals surface area contributed by atoms with Crippen LogP contribution in [0.4, 0.5) is 0 Å². The van der Waals surface area contributed by atoms with E-state index in [0.717, 1.165) is 17.1 Å². The van der Waals surface area contributed by atoms with Crippen LogP contribution in [-0.2, 0) is 0 Å². The maximum Gasteiger partial charge on any atom is 0.203 e. The fraction of sp³-hybridized carbons (Fsp3) is 0.263. The van der Waals surface area contributed by atoms with Gasteiger partial charge in [0.15, 0.2) is 11.5 Å². The van der Waals surface area contributed by atoms with Gasteiger partial charge in [-0.3, -0.25) is 0 Å². The highest BCUT2D eigenvalue weighted by atomic mass is 16.5. The molecule has 0 aliphatic carbocycles. The summed E-state index contributed by atoms with van der Waals surface area (Å²) >= 11 is 0. The molecule has 2 aromatic rings. The molecule has 120 valence electrons. The van der Waals surface area contributed by atoms with Crippen LogP contribution in [0.1, 0.15) is 17.0 Å². The highest BCUT2D eigenvalue weighted by Gasteiger charge is 2.20. The zero-order valence-corrected chi connectivity index (χ0v) is 13.5. The highest BCUT2D eigenvalue weighted by Crippen LogP contribution is 2.42. The van der Waals surface area contributed by atoms with E-state index >= 15 is 0 Å². The largest absolute Gasteiger partial charge is 0.497 e. The topological polar surface area (TPSA) is 36.9 Å². The third kappa shape index (κ3) is 2.97. The Bertz CT molecular complexity index is 704. The predicted molar refractivity (Wildman–Crippen MR) is 89.8 cm³/mol. The molecule has 0 spiro atoms. The Kier molecular flexibility index (Phi) is 4.42. The Balaban J connectivity index is 1.89. The Morgan fingerprint density at radius 2 is 1.70 bits per heavy atom. The molecule has 2 aromatic carbocycles. The van der Waals surface area contributed by atoms with Crippen LogP contribution in [0.3, 0.4) is 0 Å². The molecule has 0 N–H and O–H groups in total. The lowest BCUT2D eigenvalue weighted by molar-refractivity contribution is 0.278. The third-order valence-electron chi connectivity index (χ3n) is 3.99. The molecule has 1 aliphatic rings. The molecule has 0 saturated carbocycles. The van der Waals surface area contributed by atoms with Crippen LogP contribution < -0.4 is 18.9 Å². The summed E-state index contributed by atoms with van der Waals surface area (Å²) in [7, 11) is 4.91. The first-order valence-electron chi connectivity index (χ1n) is 7.46. The summed E-state index contributed by atoms with van der Waals surface area (Å²) < 4.78 is 22.0. The zero-order valence-electron chi connectivity index (χ0n) is 13.5. The zero-order chi connectivity index (χ0) is 16.2. The summed E-state index contributed by atoms with van der Waals surface area (Å²) in [6, 6.07) is 11.9. The standard InChI is InChI=1S/C19H20O4/c1-20-16-9-6-13(7-10-16)15-5-4-14-8-11-17(21-2)19(22-3)18(14)23-12-15/h4-11,15H,12H2,1-3H3. The van der Waals surface area contributed by atoms with Gasteiger partial charge in [-0.15, -0.1) is 0 Å². The van der Waals surface area contributed by atoms with E-state index in [4.69, 9.17) is 18.9 Å². The van der Waals surface area contributed by atoms with E-state index in [-0.39, 0.29) is 5.92 Å². The fourth-order valence-electron chi connectivity index (χ4n) is 2.70. The van der Waals surface area contributed by atoms with Crippen LogP contribution in [0, 0.1) is 0 Å². The van der Waals surface area contributed by atoms with Gasteiger partial charge in [0.2, 0.25) is 5.75 Å². The fourth-order valence-corrected chi connectivity index (χ4v) is 2.70. The normalized spacial score (nSPS) is 16.0. The van der Waals surface area contributed by atoms with Crippen LogP contribution >= 0.6 is 0 Å².